The number of hydrogen-bond acceptors (Lipinski definition) is 5. The molecule has 1 aromatic carbocycles. The molecule has 1 heterocycles. The number of amides is 1. The zero-order valence-electron chi connectivity index (χ0n) is 15.2. The summed E-state index contributed by atoms with van der Waals surface area (Å²) in [5.41, 5.74) is 0.535. The highest BCUT2D eigenvalue weighted by molar-refractivity contribution is 7.92. The molecule has 2 aliphatic rings. The summed E-state index contributed by atoms with van der Waals surface area (Å²) in [4.78, 5) is 14.7. The first-order valence-corrected chi connectivity index (χ1v) is 10.9. The summed E-state index contributed by atoms with van der Waals surface area (Å²) >= 11 is 0. The lowest BCUT2D eigenvalue weighted by Crippen LogP contribution is -2.53. The average Bonchev–Trinajstić information content (AvgIpc) is 3.24. The summed E-state index contributed by atoms with van der Waals surface area (Å²) in [6, 6.07) is 6.28. The van der Waals surface area contributed by atoms with Gasteiger partial charge < -0.3 is 15.0 Å². The van der Waals surface area contributed by atoms with Crippen molar-refractivity contribution in [3.63, 3.8) is 0 Å². The van der Waals surface area contributed by atoms with Crippen LogP contribution < -0.4 is 15.0 Å². The molecule has 1 aromatic rings. The van der Waals surface area contributed by atoms with E-state index < -0.39 is 27.1 Å². The SMILES string of the molecule is CS(=O)(=O)C1(C(=O)NC2CCN(c3ccccc3OC(F)F)C2)CCCC1. The molecular formula is C18H24F2N2O4S. The number of nitrogens with zero attached hydrogens (tertiary/aromatic N) is 1. The molecule has 6 nitrogen and oxygen atoms in total. The average molecular weight is 402 g/mol. The molecule has 1 N–H and O–H groups in total. The number of rotatable bonds is 6. The summed E-state index contributed by atoms with van der Waals surface area (Å²) in [6.07, 6.45) is 3.86. The van der Waals surface area contributed by atoms with E-state index >= 15 is 0 Å². The number of nitrogens with one attached hydrogen (secondary N) is 1. The highest BCUT2D eigenvalue weighted by Crippen LogP contribution is 2.37. The first kappa shape index (κ1) is 19.9. The number of halogens is 2. The fourth-order valence-corrected chi connectivity index (χ4v) is 5.47. The van der Waals surface area contributed by atoms with Crippen molar-refractivity contribution in [2.24, 2.45) is 0 Å². The number of alkyl halides is 2. The van der Waals surface area contributed by atoms with E-state index in [2.05, 4.69) is 10.1 Å². The maximum Gasteiger partial charge on any atom is 0.387 e. The number of anilines is 1. The Kier molecular flexibility index (Phi) is 5.60. The lowest BCUT2D eigenvalue weighted by molar-refractivity contribution is -0.124. The van der Waals surface area contributed by atoms with Gasteiger partial charge in [0, 0.05) is 25.4 Å². The quantitative estimate of drug-likeness (QED) is 0.791. The Morgan fingerprint density at radius 1 is 1.30 bits per heavy atom. The summed E-state index contributed by atoms with van der Waals surface area (Å²) in [6.45, 7) is -1.95. The zero-order valence-corrected chi connectivity index (χ0v) is 16.0. The second-order valence-electron chi connectivity index (χ2n) is 7.22. The molecule has 1 saturated heterocycles. The van der Waals surface area contributed by atoms with Gasteiger partial charge >= 0.3 is 6.61 Å². The Bertz CT molecular complexity index is 794. The molecule has 0 radical (unpaired) electrons. The monoisotopic (exact) mass is 402 g/mol. The number of para-hydroxylation sites is 2. The Morgan fingerprint density at radius 2 is 1.96 bits per heavy atom. The molecule has 1 aliphatic carbocycles. The van der Waals surface area contributed by atoms with Crippen molar-refractivity contribution in [3.05, 3.63) is 24.3 Å². The summed E-state index contributed by atoms with van der Waals surface area (Å²) in [5, 5.41) is 2.88. The van der Waals surface area contributed by atoms with Crippen LogP contribution in [-0.4, -0.2) is 51.1 Å². The zero-order chi connectivity index (χ0) is 19.7. The van der Waals surface area contributed by atoms with E-state index in [9.17, 15) is 22.0 Å². The minimum Gasteiger partial charge on any atom is -0.433 e. The minimum atomic E-state index is -3.52. The van der Waals surface area contributed by atoms with Gasteiger partial charge in [0.2, 0.25) is 5.91 Å². The number of carbonyl (C=O) groups is 1. The fraction of sp³-hybridized carbons (Fsp3) is 0.611. The molecule has 150 valence electrons. The molecular weight excluding hydrogens is 378 g/mol. The molecule has 27 heavy (non-hydrogen) atoms. The molecule has 0 bridgehead atoms. The van der Waals surface area contributed by atoms with Gasteiger partial charge in [0.05, 0.1) is 5.69 Å². The van der Waals surface area contributed by atoms with Gasteiger partial charge in [0.1, 0.15) is 10.5 Å². The van der Waals surface area contributed by atoms with Crippen LogP contribution in [0.5, 0.6) is 5.75 Å². The Morgan fingerprint density at radius 3 is 2.59 bits per heavy atom. The van der Waals surface area contributed by atoms with Crippen LogP contribution in [0.1, 0.15) is 32.1 Å². The number of benzene rings is 1. The van der Waals surface area contributed by atoms with E-state index in [1.807, 2.05) is 4.90 Å². The van der Waals surface area contributed by atoms with Gasteiger partial charge in [-0.15, -0.1) is 0 Å². The Hall–Kier alpha value is -1.90. The van der Waals surface area contributed by atoms with Crippen LogP contribution in [0.15, 0.2) is 24.3 Å². The van der Waals surface area contributed by atoms with Gasteiger partial charge in [-0.2, -0.15) is 8.78 Å². The first-order valence-electron chi connectivity index (χ1n) is 9.02. The van der Waals surface area contributed by atoms with Crippen molar-refractivity contribution in [1.29, 1.82) is 0 Å². The predicted molar refractivity (Wildman–Crippen MR) is 97.9 cm³/mol. The van der Waals surface area contributed by atoms with E-state index in [-0.39, 0.29) is 11.8 Å². The van der Waals surface area contributed by atoms with E-state index in [1.165, 1.54) is 6.07 Å². The minimum absolute atomic E-state index is 0.0860. The van der Waals surface area contributed by atoms with E-state index in [0.29, 0.717) is 38.0 Å². The van der Waals surface area contributed by atoms with Gasteiger partial charge in [0.15, 0.2) is 9.84 Å². The Labute approximate surface area is 157 Å². The Balaban J connectivity index is 1.70. The van der Waals surface area contributed by atoms with Crippen LogP contribution >= 0.6 is 0 Å². The van der Waals surface area contributed by atoms with Crippen molar-refractivity contribution in [3.8, 4) is 5.75 Å². The van der Waals surface area contributed by atoms with Crippen molar-refractivity contribution >= 4 is 21.4 Å². The second-order valence-corrected chi connectivity index (χ2v) is 9.55. The molecule has 9 heteroatoms. The third kappa shape index (κ3) is 4.02. The molecule has 2 fully saturated rings. The van der Waals surface area contributed by atoms with E-state index in [4.69, 9.17) is 0 Å². The predicted octanol–water partition coefficient (Wildman–Crippen LogP) is 2.34. The van der Waals surface area contributed by atoms with Crippen LogP contribution in [-0.2, 0) is 14.6 Å². The molecule has 1 unspecified atom stereocenters. The highest BCUT2D eigenvalue weighted by Gasteiger charge is 2.50. The van der Waals surface area contributed by atoms with Crippen LogP contribution in [0.3, 0.4) is 0 Å². The molecule has 1 aliphatic heterocycles. The summed E-state index contributed by atoms with van der Waals surface area (Å²) in [5.74, 6) is -0.352. The maximum atomic E-state index is 12.8. The lowest BCUT2D eigenvalue weighted by atomic mass is 10.1. The largest absolute Gasteiger partial charge is 0.433 e. The molecule has 0 spiro atoms. The second kappa shape index (κ2) is 7.61. The van der Waals surface area contributed by atoms with Crippen LogP contribution in [0, 0.1) is 0 Å². The number of ether oxygens (including phenoxy) is 1. The van der Waals surface area contributed by atoms with Gasteiger partial charge in [-0.05, 0) is 31.4 Å². The van der Waals surface area contributed by atoms with Crippen molar-refractivity contribution < 1.29 is 26.7 Å². The number of sulfone groups is 1. The number of hydrogen-bond donors (Lipinski definition) is 1. The normalized spacial score (nSPS) is 22.2. The number of carbonyl (C=O) groups excluding carboxylic acids is 1. The molecule has 1 saturated carbocycles. The summed E-state index contributed by atoms with van der Waals surface area (Å²) in [7, 11) is -3.52. The third-order valence-corrected chi connectivity index (χ3v) is 7.49. The molecule has 1 atom stereocenters. The molecule has 3 rings (SSSR count). The van der Waals surface area contributed by atoms with Crippen molar-refractivity contribution in [2.45, 2.75) is 49.5 Å². The van der Waals surface area contributed by atoms with Gasteiger partial charge in [-0.3, -0.25) is 4.79 Å². The molecule has 1 amide bonds. The van der Waals surface area contributed by atoms with Gasteiger partial charge in [0.25, 0.3) is 0 Å². The van der Waals surface area contributed by atoms with Gasteiger partial charge in [-0.25, -0.2) is 8.42 Å². The van der Waals surface area contributed by atoms with Crippen LogP contribution in [0.25, 0.3) is 0 Å². The lowest BCUT2D eigenvalue weighted by Gasteiger charge is -2.28. The standard InChI is InChI=1S/C18H24F2N2O4S/c1-27(24,25)18(9-4-5-10-18)16(23)21-13-8-11-22(12-13)14-6-2-3-7-15(14)26-17(19)20/h2-3,6-7,13,17H,4-5,8-12H2,1H3,(H,21,23). The fourth-order valence-electron chi connectivity index (χ4n) is 4.04. The smallest absolute Gasteiger partial charge is 0.387 e. The van der Waals surface area contributed by atoms with Crippen LogP contribution in [0.2, 0.25) is 0 Å². The van der Waals surface area contributed by atoms with Crippen molar-refractivity contribution in [2.75, 3.05) is 24.2 Å². The van der Waals surface area contributed by atoms with Gasteiger partial charge in [-0.1, -0.05) is 25.0 Å². The van der Waals surface area contributed by atoms with Crippen molar-refractivity contribution in [1.82, 2.24) is 5.32 Å². The van der Waals surface area contributed by atoms with E-state index in [0.717, 1.165) is 19.1 Å². The molecule has 0 aromatic heterocycles. The maximum absolute atomic E-state index is 12.8. The third-order valence-electron chi connectivity index (χ3n) is 5.48. The van der Waals surface area contributed by atoms with E-state index in [1.54, 1.807) is 18.2 Å². The first-order chi connectivity index (χ1) is 12.7. The topological polar surface area (TPSA) is 75.7 Å². The summed E-state index contributed by atoms with van der Waals surface area (Å²) < 4.78 is 52.9. The highest BCUT2D eigenvalue weighted by atomic mass is 32.2. The van der Waals surface area contributed by atoms with Crippen LogP contribution in [0.4, 0.5) is 14.5 Å².